The Hall–Kier alpha value is -1.02. The van der Waals surface area contributed by atoms with Crippen LogP contribution in [0.5, 0.6) is 0 Å². The van der Waals surface area contributed by atoms with Gasteiger partial charge in [0.25, 0.3) is 0 Å². The topological polar surface area (TPSA) is 29.3 Å². The van der Waals surface area contributed by atoms with Gasteiger partial charge in [-0.15, -0.1) is 0 Å². The van der Waals surface area contributed by atoms with Gasteiger partial charge >= 0.3 is 0 Å². The number of anilines is 1. The molecule has 1 aromatic rings. The molecule has 0 fully saturated rings. The van der Waals surface area contributed by atoms with Gasteiger partial charge in [-0.1, -0.05) is 32.9 Å². The maximum absolute atomic E-state index is 5.98. The molecule has 0 saturated carbocycles. The fourth-order valence-electron chi connectivity index (χ4n) is 2.00. The first kappa shape index (κ1) is 15.0. The Labute approximate surface area is 112 Å². The molecule has 0 aliphatic heterocycles. The largest absolute Gasteiger partial charge is 0.372 e. The second-order valence-corrected chi connectivity index (χ2v) is 5.63. The molecule has 2 unspecified atom stereocenters. The van der Waals surface area contributed by atoms with E-state index in [1.54, 1.807) is 0 Å². The Bertz CT molecular complexity index is 343. The third-order valence-electron chi connectivity index (χ3n) is 3.94. The van der Waals surface area contributed by atoms with E-state index in [4.69, 9.17) is 5.73 Å². The molecule has 102 valence electrons. The highest BCUT2D eigenvalue weighted by Crippen LogP contribution is 2.20. The van der Waals surface area contributed by atoms with Gasteiger partial charge in [0.2, 0.25) is 0 Å². The van der Waals surface area contributed by atoms with Gasteiger partial charge in [0.15, 0.2) is 0 Å². The summed E-state index contributed by atoms with van der Waals surface area (Å²) in [7, 11) is 2.16. The lowest BCUT2D eigenvalue weighted by Crippen LogP contribution is -2.33. The van der Waals surface area contributed by atoms with Crippen molar-refractivity contribution >= 4 is 5.69 Å². The Morgan fingerprint density at radius 3 is 2.11 bits per heavy atom. The van der Waals surface area contributed by atoms with Crippen molar-refractivity contribution in [1.82, 2.24) is 0 Å². The average molecular weight is 248 g/mol. The van der Waals surface area contributed by atoms with E-state index in [1.165, 1.54) is 11.3 Å². The number of nitrogens with zero attached hydrogens (tertiary/aromatic N) is 1. The van der Waals surface area contributed by atoms with Gasteiger partial charge in [-0.2, -0.15) is 0 Å². The molecule has 2 atom stereocenters. The van der Waals surface area contributed by atoms with Crippen molar-refractivity contribution in [1.29, 1.82) is 0 Å². The summed E-state index contributed by atoms with van der Waals surface area (Å²) in [5, 5.41) is 0. The first-order valence-electron chi connectivity index (χ1n) is 7.03. The van der Waals surface area contributed by atoms with Crippen molar-refractivity contribution < 1.29 is 0 Å². The number of hydrogen-bond donors (Lipinski definition) is 1. The Balaban J connectivity index is 2.70. The van der Waals surface area contributed by atoms with Crippen molar-refractivity contribution in [3.63, 3.8) is 0 Å². The first-order chi connectivity index (χ1) is 8.45. The number of rotatable bonds is 6. The third-order valence-corrected chi connectivity index (χ3v) is 3.94. The molecule has 2 heteroatoms. The zero-order valence-corrected chi connectivity index (χ0v) is 12.5. The fourth-order valence-corrected chi connectivity index (χ4v) is 2.00. The van der Waals surface area contributed by atoms with E-state index in [0.29, 0.717) is 12.0 Å². The average Bonchev–Trinajstić information content (AvgIpc) is 2.37. The van der Waals surface area contributed by atoms with Crippen molar-refractivity contribution in [3.05, 3.63) is 29.8 Å². The van der Waals surface area contributed by atoms with Crippen LogP contribution in [0.4, 0.5) is 5.69 Å². The summed E-state index contributed by atoms with van der Waals surface area (Å²) in [5.74, 6) is 0.656. The van der Waals surface area contributed by atoms with Crippen LogP contribution < -0.4 is 10.6 Å². The quantitative estimate of drug-likeness (QED) is 0.835. The zero-order valence-electron chi connectivity index (χ0n) is 12.5. The molecular formula is C16H28N2. The summed E-state index contributed by atoms with van der Waals surface area (Å²) in [6, 6.07) is 9.65. The molecule has 0 radical (unpaired) electrons. The molecule has 2 N–H and O–H groups in total. The first-order valence-corrected chi connectivity index (χ1v) is 7.03. The molecule has 1 aromatic carbocycles. The fraction of sp³-hybridized carbons (Fsp3) is 0.625. The Morgan fingerprint density at radius 2 is 1.67 bits per heavy atom. The molecular weight excluding hydrogens is 220 g/mol. The van der Waals surface area contributed by atoms with Crippen LogP contribution in [0.2, 0.25) is 0 Å². The minimum Gasteiger partial charge on any atom is -0.372 e. The molecule has 0 heterocycles. The van der Waals surface area contributed by atoms with Crippen molar-refractivity contribution in [3.8, 4) is 0 Å². The molecule has 0 aromatic heterocycles. The SMILES string of the molecule is CCC(N)Cc1ccc(N(C)C(C)C(C)C)cc1. The van der Waals surface area contributed by atoms with Gasteiger partial charge < -0.3 is 10.6 Å². The predicted octanol–water partition coefficient (Wildman–Crippen LogP) is 3.45. The van der Waals surface area contributed by atoms with E-state index in [2.05, 4.69) is 63.9 Å². The molecule has 2 nitrogen and oxygen atoms in total. The molecule has 18 heavy (non-hydrogen) atoms. The molecule has 0 aliphatic rings. The minimum atomic E-state index is 0.281. The summed E-state index contributed by atoms with van der Waals surface area (Å²) in [4.78, 5) is 2.34. The van der Waals surface area contributed by atoms with Gasteiger partial charge in [0.05, 0.1) is 0 Å². The summed E-state index contributed by atoms with van der Waals surface area (Å²) in [5.41, 5.74) is 8.59. The lowest BCUT2D eigenvalue weighted by Gasteiger charge is -2.30. The second kappa shape index (κ2) is 6.79. The van der Waals surface area contributed by atoms with Crippen LogP contribution in [0, 0.1) is 5.92 Å². The minimum absolute atomic E-state index is 0.281. The highest BCUT2D eigenvalue weighted by Gasteiger charge is 2.13. The van der Waals surface area contributed by atoms with Crippen LogP contribution in [-0.2, 0) is 6.42 Å². The summed E-state index contributed by atoms with van der Waals surface area (Å²) < 4.78 is 0. The smallest absolute Gasteiger partial charge is 0.0366 e. The summed E-state index contributed by atoms with van der Waals surface area (Å²) in [6.07, 6.45) is 2.01. The molecule has 0 spiro atoms. The predicted molar refractivity (Wildman–Crippen MR) is 81.1 cm³/mol. The molecule has 0 saturated heterocycles. The van der Waals surface area contributed by atoms with Gasteiger partial charge in [-0.25, -0.2) is 0 Å². The van der Waals surface area contributed by atoms with Gasteiger partial charge in [0, 0.05) is 24.8 Å². The van der Waals surface area contributed by atoms with Crippen molar-refractivity contribution in [2.24, 2.45) is 11.7 Å². The Kier molecular flexibility index (Phi) is 5.67. The standard InChI is InChI=1S/C16H28N2/c1-6-15(17)11-14-7-9-16(10-8-14)18(5)13(4)12(2)3/h7-10,12-13,15H,6,11,17H2,1-5H3. The number of nitrogens with two attached hydrogens (primary N) is 1. The third kappa shape index (κ3) is 4.02. The van der Waals surface area contributed by atoms with Crippen LogP contribution in [0.3, 0.4) is 0 Å². The van der Waals surface area contributed by atoms with E-state index in [9.17, 15) is 0 Å². The zero-order chi connectivity index (χ0) is 13.7. The second-order valence-electron chi connectivity index (χ2n) is 5.63. The van der Waals surface area contributed by atoms with Gasteiger partial charge in [-0.3, -0.25) is 0 Å². The maximum Gasteiger partial charge on any atom is 0.0366 e. The lowest BCUT2D eigenvalue weighted by molar-refractivity contribution is 0.505. The van der Waals surface area contributed by atoms with Crippen LogP contribution in [0.25, 0.3) is 0 Å². The lowest BCUT2D eigenvalue weighted by atomic mass is 10.0. The van der Waals surface area contributed by atoms with Crippen molar-refractivity contribution in [2.45, 2.75) is 52.6 Å². The van der Waals surface area contributed by atoms with Crippen LogP contribution in [0.15, 0.2) is 24.3 Å². The molecule has 0 amide bonds. The molecule has 0 bridgehead atoms. The van der Waals surface area contributed by atoms with Crippen molar-refractivity contribution in [2.75, 3.05) is 11.9 Å². The van der Waals surface area contributed by atoms with E-state index >= 15 is 0 Å². The summed E-state index contributed by atoms with van der Waals surface area (Å²) in [6.45, 7) is 8.92. The summed E-state index contributed by atoms with van der Waals surface area (Å²) >= 11 is 0. The molecule has 1 rings (SSSR count). The van der Waals surface area contributed by atoms with E-state index in [1.807, 2.05) is 0 Å². The highest BCUT2D eigenvalue weighted by molar-refractivity contribution is 5.47. The normalized spacial score (nSPS) is 14.6. The van der Waals surface area contributed by atoms with Crippen LogP contribution in [-0.4, -0.2) is 19.1 Å². The van der Waals surface area contributed by atoms with E-state index < -0.39 is 0 Å². The van der Waals surface area contributed by atoms with Gasteiger partial charge in [-0.05, 0) is 43.4 Å². The monoisotopic (exact) mass is 248 g/mol. The Morgan fingerprint density at radius 1 is 1.11 bits per heavy atom. The highest BCUT2D eigenvalue weighted by atomic mass is 15.1. The van der Waals surface area contributed by atoms with Gasteiger partial charge in [0.1, 0.15) is 0 Å². The van der Waals surface area contributed by atoms with E-state index in [0.717, 1.165) is 12.8 Å². The maximum atomic E-state index is 5.98. The molecule has 0 aliphatic carbocycles. The van der Waals surface area contributed by atoms with E-state index in [-0.39, 0.29) is 6.04 Å². The number of hydrogen-bond acceptors (Lipinski definition) is 2. The van der Waals surface area contributed by atoms with Crippen LogP contribution >= 0.6 is 0 Å². The number of benzene rings is 1. The van der Waals surface area contributed by atoms with Crippen LogP contribution in [0.1, 0.15) is 39.7 Å².